The van der Waals surface area contributed by atoms with E-state index in [-0.39, 0.29) is 11.6 Å². The number of carbonyl (C=O) groups is 2. The van der Waals surface area contributed by atoms with Crippen LogP contribution in [-0.4, -0.2) is 81.8 Å². The first-order valence-electron chi connectivity index (χ1n) is 10.9. The quantitative estimate of drug-likeness (QED) is 0.687. The summed E-state index contributed by atoms with van der Waals surface area (Å²) in [5, 5.41) is 15.7. The number of halogens is 3. The molecular formula is C22H28F3N5O5. The molecule has 35 heavy (non-hydrogen) atoms. The number of hydrogen-bond donors (Lipinski definition) is 1. The number of ether oxygens (including phenoxy) is 2. The van der Waals surface area contributed by atoms with Crippen molar-refractivity contribution in [2.24, 2.45) is 0 Å². The Morgan fingerprint density at radius 2 is 1.71 bits per heavy atom. The Bertz CT molecular complexity index is 1030. The molecule has 10 nitrogen and oxygen atoms in total. The molecule has 2 aromatic rings. The van der Waals surface area contributed by atoms with Crippen LogP contribution in [0.4, 0.5) is 18.0 Å². The van der Waals surface area contributed by atoms with Crippen LogP contribution in [0.1, 0.15) is 30.1 Å². The molecule has 1 saturated heterocycles. The minimum Gasteiger partial charge on any atom is -0.497 e. The van der Waals surface area contributed by atoms with Gasteiger partial charge < -0.3 is 19.1 Å². The van der Waals surface area contributed by atoms with Crippen molar-refractivity contribution in [1.82, 2.24) is 24.6 Å². The predicted octanol–water partition coefficient (Wildman–Crippen LogP) is 2.80. The number of hydrogen-bond acceptors (Lipinski definition) is 7. The Morgan fingerprint density at radius 3 is 2.23 bits per heavy atom. The van der Waals surface area contributed by atoms with Gasteiger partial charge in [-0.1, -0.05) is 12.1 Å². The highest BCUT2D eigenvalue weighted by Gasteiger charge is 2.45. The summed E-state index contributed by atoms with van der Waals surface area (Å²) < 4.78 is 44.2. The lowest BCUT2D eigenvalue weighted by atomic mass is 9.84. The summed E-state index contributed by atoms with van der Waals surface area (Å²) >= 11 is 0. The fraction of sp³-hybridized carbons (Fsp3) is 0.545. The Hall–Kier alpha value is -3.35. The summed E-state index contributed by atoms with van der Waals surface area (Å²) in [5.41, 5.74) is 1.11. The van der Waals surface area contributed by atoms with Crippen LogP contribution in [0.15, 0.2) is 24.3 Å². The molecule has 0 unspecified atom stereocenters. The Labute approximate surface area is 200 Å². The van der Waals surface area contributed by atoms with Gasteiger partial charge in [0, 0.05) is 26.2 Å². The maximum Gasteiger partial charge on any atom is 0.490 e. The second-order valence-corrected chi connectivity index (χ2v) is 8.48. The molecule has 0 bridgehead atoms. The Morgan fingerprint density at radius 1 is 1.11 bits per heavy atom. The van der Waals surface area contributed by atoms with Gasteiger partial charge in [0.25, 0.3) is 0 Å². The minimum atomic E-state index is -5.08. The number of piperidine rings is 1. The van der Waals surface area contributed by atoms with Crippen LogP contribution < -0.4 is 4.74 Å². The normalized spacial score (nSPS) is 17.3. The summed E-state index contributed by atoms with van der Waals surface area (Å²) in [6.45, 7) is 5.91. The van der Waals surface area contributed by atoms with Crippen molar-refractivity contribution in [2.75, 3.05) is 33.9 Å². The average Bonchev–Trinajstić information content (AvgIpc) is 3.22. The van der Waals surface area contributed by atoms with Crippen LogP contribution >= 0.6 is 0 Å². The van der Waals surface area contributed by atoms with Crippen LogP contribution in [0.5, 0.6) is 5.75 Å². The van der Waals surface area contributed by atoms with Gasteiger partial charge in [0.2, 0.25) is 0 Å². The third-order valence-electron chi connectivity index (χ3n) is 6.21. The number of aryl methyl sites for hydroxylation is 1. The topological polar surface area (TPSA) is 110 Å². The molecule has 1 fully saturated rings. The van der Waals surface area contributed by atoms with Gasteiger partial charge in [0.05, 0.1) is 26.3 Å². The first kappa shape index (κ1) is 26.3. The number of benzene rings is 1. The zero-order valence-corrected chi connectivity index (χ0v) is 19.7. The van der Waals surface area contributed by atoms with Crippen molar-refractivity contribution in [3.63, 3.8) is 0 Å². The molecule has 4 rings (SSSR count). The lowest BCUT2D eigenvalue weighted by Crippen LogP contribution is -2.57. The molecule has 0 radical (unpaired) electrons. The molecule has 2 aliphatic rings. The van der Waals surface area contributed by atoms with Gasteiger partial charge in [0.1, 0.15) is 11.6 Å². The zero-order valence-electron chi connectivity index (χ0n) is 19.7. The van der Waals surface area contributed by atoms with E-state index >= 15 is 0 Å². The van der Waals surface area contributed by atoms with Crippen LogP contribution in [0.25, 0.3) is 0 Å². The number of fused-ring (bicyclic) bond motifs is 2. The van der Waals surface area contributed by atoms with Crippen LogP contribution in [0, 0.1) is 6.92 Å². The molecule has 0 aliphatic carbocycles. The first-order chi connectivity index (χ1) is 16.5. The molecule has 1 spiro atoms. The van der Waals surface area contributed by atoms with Gasteiger partial charge in [-0.05, 0) is 37.5 Å². The third-order valence-corrected chi connectivity index (χ3v) is 6.21. The lowest BCUT2D eigenvalue weighted by molar-refractivity contribution is -0.192. The molecule has 1 aromatic carbocycles. The van der Waals surface area contributed by atoms with Crippen molar-refractivity contribution >= 4 is 12.1 Å². The van der Waals surface area contributed by atoms with E-state index in [9.17, 15) is 18.0 Å². The van der Waals surface area contributed by atoms with Gasteiger partial charge in [-0.15, -0.1) is 10.2 Å². The van der Waals surface area contributed by atoms with Crippen molar-refractivity contribution in [3.8, 4) is 5.75 Å². The number of methoxy groups -OCH3 is 2. The Kier molecular flexibility index (Phi) is 7.88. The first-order valence-corrected chi connectivity index (χ1v) is 10.9. The summed E-state index contributed by atoms with van der Waals surface area (Å²) in [7, 11) is 3.11. The molecular weight excluding hydrogens is 471 g/mol. The molecule has 2 aliphatic heterocycles. The molecule has 13 heteroatoms. The largest absolute Gasteiger partial charge is 0.497 e. The van der Waals surface area contributed by atoms with E-state index in [1.54, 1.807) is 12.0 Å². The maximum atomic E-state index is 12.2. The van der Waals surface area contributed by atoms with E-state index in [1.165, 1.54) is 12.7 Å². The molecule has 1 aromatic heterocycles. The van der Waals surface area contributed by atoms with E-state index < -0.39 is 12.1 Å². The zero-order chi connectivity index (χ0) is 25.8. The molecule has 1 N–H and O–H groups in total. The monoisotopic (exact) mass is 499 g/mol. The SMILES string of the molecule is COC(=O)N1Cc2nnc(C)n2C2(CCN(Cc3ccc(OC)cc3)CC2)C1.O=C(O)C(F)(F)F. The van der Waals surface area contributed by atoms with Gasteiger partial charge in [-0.2, -0.15) is 13.2 Å². The second kappa shape index (κ2) is 10.5. The highest BCUT2D eigenvalue weighted by atomic mass is 19.4. The summed E-state index contributed by atoms with van der Waals surface area (Å²) in [6, 6.07) is 8.24. The number of rotatable bonds is 3. The van der Waals surface area contributed by atoms with Gasteiger partial charge >= 0.3 is 18.2 Å². The van der Waals surface area contributed by atoms with Crippen molar-refractivity contribution in [2.45, 2.75) is 44.6 Å². The summed E-state index contributed by atoms with van der Waals surface area (Å²) in [4.78, 5) is 25.3. The van der Waals surface area contributed by atoms with Crippen molar-refractivity contribution < 1.29 is 37.3 Å². The fourth-order valence-corrected chi connectivity index (χ4v) is 4.53. The smallest absolute Gasteiger partial charge is 0.490 e. The predicted molar refractivity (Wildman–Crippen MR) is 117 cm³/mol. The van der Waals surface area contributed by atoms with E-state index in [0.717, 1.165) is 49.9 Å². The number of carboxylic acids is 1. The lowest BCUT2D eigenvalue weighted by Gasteiger charge is -2.48. The standard InChI is InChI=1S/C20H27N5O3.C2HF3O2/c1-15-21-22-18-13-24(19(26)28-3)14-20(25(15)18)8-10-23(11-9-20)12-16-4-6-17(27-2)7-5-16;3-2(4,5)1(6)7/h4-7H,8-14H2,1-3H3;(H,6,7). The van der Waals surface area contributed by atoms with Crippen LogP contribution in [-0.2, 0) is 28.2 Å². The number of likely N-dealkylation sites (tertiary alicyclic amines) is 1. The maximum absolute atomic E-state index is 12.2. The second-order valence-electron chi connectivity index (χ2n) is 8.48. The van der Waals surface area contributed by atoms with E-state index in [0.29, 0.717) is 13.1 Å². The van der Waals surface area contributed by atoms with Gasteiger partial charge in [-0.3, -0.25) is 9.80 Å². The highest BCUT2D eigenvalue weighted by molar-refractivity contribution is 5.73. The highest BCUT2D eigenvalue weighted by Crippen LogP contribution is 2.37. The van der Waals surface area contributed by atoms with Crippen molar-refractivity contribution in [3.05, 3.63) is 41.5 Å². The number of carboxylic acid groups (broad SMARTS) is 1. The number of alkyl halides is 3. The molecule has 0 saturated carbocycles. The number of aliphatic carboxylic acids is 1. The number of aromatic nitrogens is 3. The fourth-order valence-electron chi connectivity index (χ4n) is 4.53. The minimum absolute atomic E-state index is 0.161. The summed E-state index contributed by atoms with van der Waals surface area (Å²) in [6.07, 6.45) is -3.49. The van der Waals surface area contributed by atoms with Gasteiger partial charge in [-0.25, -0.2) is 9.59 Å². The van der Waals surface area contributed by atoms with E-state index in [2.05, 4.69) is 31.8 Å². The summed E-state index contributed by atoms with van der Waals surface area (Å²) in [5.74, 6) is -0.115. The molecule has 192 valence electrons. The number of carbonyl (C=O) groups excluding carboxylic acids is 1. The molecule has 3 heterocycles. The molecule has 1 amide bonds. The average molecular weight is 499 g/mol. The number of nitrogens with zero attached hydrogens (tertiary/aromatic N) is 5. The van der Waals surface area contributed by atoms with Gasteiger partial charge in [0.15, 0.2) is 5.82 Å². The Balaban J connectivity index is 0.000000429. The third kappa shape index (κ3) is 6.02. The van der Waals surface area contributed by atoms with E-state index in [4.69, 9.17) is 19.4 Å². The van der Waals surface area contributed by atoms with Crippen LogP contribution in [0.2, 0.25) is 0 Å². The van der Waals surface area contributed by atoms with Crippen molar-refractivity contribution in [1.29, 1.82) is 0 Å². The van der Waals surface area contributed by atoms with E-state index in [1.807, 2.05) is 19.1 Å². The number of amides is 1. The molecule has 0 atom stereocenters. The van der Waals surface area contributed by atoms with Crippen LogP contribution in [0.3, 0.4) is 0 Å².